The average molecular weight is 349 g/mol. The van der Waals surface area contributed by atoms with Crippen molar-refractivity contribution in [3.63, 3.8) is 0 Å². The van der Waals surface area contributed by atoms with E-state index in [-0.39, 0.29) is 17.6 Å². The number of halogens is 1. The van der Waals surface area contributed by atoms with Crippen molar-refractivity contribution in [2.45, 2.75) is 18.9 Å². The standard InChI is InChI=1S/C21H20FN3O/c1-25(14-19-11-12-23-15-24-19)21(26)13-20(16-5-3-2-4-6-16)17-7-9-18(22)10-8-17/h2-12,15,20H,13-14H2,1H3/t20-/m0/s1. The van der Waals surface area contributed by atoms with Crippen LogP contribution in [0.1, 0.15) is 29.2 Å². The molecule has 0 saturated carbocycles. The van der Waals surface area contributed by atoms with Crippen LogP contribution in [0.15, 0.2) is 73.2 Å². The fraction of sp³-hybridized carbons (Fsp3) is 0.190. The molecule has 26 heavy (non-hydrogen) atoms. The van der Waals surface area contributed by atoms with Gasteiger partial charge < -0.3 is 4.90 Å². The molecular formula is C21H20FN3O. The lowest BCUT2D eigenvalue weighted by atomic mass is 9.88. The summed E-state index contributed by atoms with van der Waals surface area (Å²) in [5.41, 5.74) is 2.73. The summed E-state index contributed by atoms with van der Waals surface area (Å²) in [6.07, 6.45) is 3.43. The molecule has 1 atom stereocenters. The van der Waals surface area contributed by atoms with Gasteiger partial charge in [0.15, 0.2) is 0 Å². The van der Waals surface area contributed by atoms with Crippen LogP contribution < -0.4 is 0 Å². The first-order valence-corrected chi connectivity index (χ1v) is 8.43. The lowest BCUT2D eigenvalue weighted by Crippen LogP contribution is -2.28. The topological polar surface area (TPSA) is 46.1 Å². The Morgan fingerprint density at radius 1 is 1.04 bits per heavy atom. The van der Waals surface area contributed by atoms with Crippen molar-refractivity contribution < 1.29 is 9.18 Å². The highest BCUT2D eigenvalue weighted by Gasteiger charge is 2.21. The van der Waals surface area contributed by atoms with Crippen LogP contribution in [0, 0.1) is 5.82 Å². The van der Waals surface area contributed by atoms with Crippen LogP contribution in [0.5, 0.6) is 0 Å². The van der Waals surface area contributed by atoms with Crippen LogP contribution in [-0.2, 0) is 11.3 Å². The Kier molecular flexibility index (Phi) is 5.69. The number of nitrogens with zero attached hydrogens (tertiary/aromatic N) is 3. The normalized spacial score (nSPS) is 11.8. The summed E-state index contributed by atoms with van der Waals surface area (Å²) in [5.74, 6) is -0.410. The van der Waals surface area contributed by atoms with Gasteiger partial charge in [-0.2, -0.15) is 0 Å². The molecular weight excluding hydrogens is 329 g/mol. The summed E-state index contributed by atoms with van der Waals surface area (Å²) in [7, 11) is 1.76. The van der Waals surface area contributed by atoms with E-state index in [9.17, 15) is 9.18 Å². The first kappa shape index (κ1) is 17.7. The van der Waals surface area contributed by atoms with Crippen molar-refractivity contribution in [2.75, 3.05) is 7.05 Å². The molecule has 0 radical (unpaired) electrons. The maximum Gasteiger partial charge on any atom is 0.223 e. The van der Waals surface area contributed by atoms with E-state index in [4.69, 9.17) is 0 Å². The van der Waals surface area contributed by atoms with Gasteiger partial charge in [0, 0.05) is 25.6 Å². The van der Waals surface area contributed by atoms with Gasteiger partial charge in [-0.15, -0.1) is 0 Å². The molecule has 2 aromatic carbocycles. The fourth-order valence-corrected chi connectivity index (χ4v) is 2.88. The van der Waals surface area contributed by atoms with Crippen molar-refractivity contribution in [2.24, 2.45) is 0 Å². The van der Waals surface area contributed by atoms with Crippen molar-refractivity contribution >= 4 is 5.91 Å². The summed E-state index contributed by atoms with van der Waals surface area (Å²) in [5, 5.41) is 0. The van der Waals surface area contributed by atoms with Crippen molar-refractivity contribution in [3.8, 4) is 0 Å². The minimum atomic E-state index is -0.284. The van der Waals surface area contributed by atoms with Gasteiger partial charge >= 0.3 is 0 Å². The second-order valence-electron chi connectivity index (χ2n) is 6.17. The van der Waals surface area contributed by atoms with Gasteiger partial charge in [0.1, 0.15) is 12.1 Å². The highest BCUT2D eigenvalue weighted by Crippen LogP contribution is 2.29. The van der Waals surface area contributed by atoms with Crippen molar-refractivity contribution in [1.82, 2.24) is 14.9 Å². The molecule has 0 aliphatic heterocycles. The Bertz CT molecular complexity index is 838. The van der Waals surface area contributed by atoms with Crippen LogP contribution in [-0.4, -0.2) is 27.8 Å². The monoisotopic (exact) mass is 349 g/mol. The van der Waals surface area contributed by atoms with Gasteiger partial charge in [0.25, 0.3) is 0 Å². The second kappa shape index (κ2) is 8.34. The molecule has 0 aliphatic rings. The van der Waals surface area contributed by atoms with Gasteiger partial charge in [0.2, 0.25) is 5.91 Å². The van der Waals surface area contributed by atoms with E-state index in [0.717, 1.165) is 16.8 Å². The number of hydrogen-bond donors (Lipinski definition) is 0. The van der Waals surface area contributed by atoms with Crippen LogP contribution in [0.25, 0.3) is 0 Å². The molecule has 1 aromatic heterocycles. The molecule has 0 spiro atoms. The van der Waals surface area contributed by atoms with Crippen molar-refractivity contribution in [3.05, 3.63) is 95.8 Å². The number of aromatic nitrogens is 2. The molecule has 5 heteroatoms. The molecule has 0 aliphatic carbocycles. The number of rotatable bonds is 6. The zero-order chi connectivity index (χ0) is 18.4. The molecule has 4 nitrogen and oxygen atoms in total. The molecule has 0 bridgehead atoms. The average Bonchev–Trinajstić information content (AvgIpc) is 2.68. The summed E-state index contributed by atoms with van der Waals surface area (Å²) in [4.78, 5) is 22.5. The quantitative estimate of drug-likeness (QED) is 0.680. The summed E-state index contributed by atoms with van der Waals surface area (Å²) >= 11 is 0. The Labute approximate surface area is 152 Å². The number of carbonyl (C=O) groups excluding carboxylic acids is 1. The van der Waals surface area contributed by atoms with Crippen LogP contribution in [0.4, 0.5) is 4.39 Å². The first-order valence-electron chi connectivity index (χ1n) is 8.43. The molecule has 1 amide bonds. The predicted octanol–water partition coefficient (Wildman–Crippen LogP) is 3.80. The Morgan fingerprint density at radius 2 is 1.73 bits per heavy atom. The number of carbonyl (C=O) groups is 1. The van der Waals surface area contributed by atoms with Gasteiger partial charge in [-0.1, -0.05) is 42.5 Å². The third kappa shape index (κ3) is 4.51. The van der Waals surface area contributed by atoms with Crippen LogP contribution >= 0.6 is 0 Å². The van der Waals surface area contributed by atoms with E-state index in [1.807, 2.05) is 30.3 Å². The zero-order valence-electron chi connectivity index (χ0n) is 14.5. The summed E-state index contributed by atoms with van der Waals surface area (Å²) in [6.45, 7) is 0.423. The largest absolute Gasteiger partial charge is 0.340 e. The molecule has 132 valence electrons. The maximum atomic E-state index is 13.3. The highest BCUT2D eigenvalue weighted by atomic mass is 19.1. The molecule has 3 rings (SSSR count). The zero-order valence-corrected chi connectivity index (χ0v) is 14.5. The molecule has 0 fully saturated rings. The molecule has 3 aromatic rings. The van der Waals surface area contributed by atoms with E-state index in [1.54, 1.807) is 36.3 Å². The second-order valence-corrected chi connectivity index (χ2v) is 6.17. The molecule has 1 heterocycles. The molecule has 0 unspecified atom stereocenters. The van der Waals surface area contributed by atoms with E-state index in [1.165, 1.54) is 18.5 Å². The summed E-state index contributed by atoms with van der Waals surface area (Å²) in [6, 6.07) is 17.9. The lowest BCUT2D eigenvalue weighted by Gasteiger charge is -2.22. The van der Waals surface area contributed by atoms with Crippen LogP contribution in [0.3, 0.4) is 0 Å². The Hall–Kier alpha value is -3.08. The third-order valence-electron chi connectivity index (χ3n) is 4.32. The van der Waals surface area contributed by atoms with Gasteiger partial charge in [-0.3, -0.25) is 4.79 Å². The van der Waals surface area contributed by atoms with Crippen LogP contribution in [0.2, 0.25) is 0 Å². The van der Waals surface area contributed by atoms with Gasteiger partial charge in [-0.05, 0) is 29.3 Å². The van der Waals surface area contributed by atoms with Gasteiger partial charge in [-0.25, -0.2) is 14.4 Å². The van der Waals surface area contributed by atoms with Gasteiger partial charge in [0.05, 0.1) is 12.2 Å². The SMILES string of the molecule is CN(Cc1ccncn1)C(=O)C[C@@H](c1ccccc1)c1ccc(F)cc1. The smallest absolute Gasteiger partial charge is 0.223 e. The van der Waals surface area contributed by atoms with E-state index in [0.29, 0.717) is 13.0 Å². The Morgan fingerprint density at radius 3 is 2.38 bits per heavy atom. The molecule has 0 saturated heterocycles. The van der Waals surface area contributed by atoms with E-state index < -0.39 is 0 Å². The number of benzene rings is 2. The predicted molar refractivity (Wildman–Crippen MR) is 97.8 cm³/mol. The lowest BCUT2D eigenvalue weighted by molar-refractivity contribution is -0.130. The minimum absolute atomic E-state index is 0.00166. The minimum Gasteiger partial charge on any atom is -0.340 e. The molecule has 0 N–H and O–H groups in total. The van der Waals surface area contributed by atoms with E-state index in [2.05, 4.69) is 9.97 Å². The Balaban J connectivity index is 1.79. The number of amides is 1. The first-order chi connectivity index (χ1) is 12.6. The van der Waals surface area contributed by atoms with Crippen molar-refractivity contribution in [1.29, 1.82) is 0 Å². The fourth-order valence-electron chi connectivity index (χ4n) is 2.88. The maximum absolute atomic E-state index is 13.3. The number of hydrogen-bond acceptors (Lipinski definition) is 3. The third-order valence-corrected chi connectivity index (χ3v) is 4.32. The van der Waals surface area contributed by atoms with E-state index >= 15 is 0 Å². The highest BCUT2D eigenvalue weighted by molar-refractivity contribution is 5.77. The summed E-state index contributed by atoms with van der Waals surface area (Å²) < 4.78 is 13.3.